The van der Waals surface area contributed by atoms with Gasteiger partial charge in [-0.25, -0.2) is 9.50 Å². The summed E-state index contributed by atoms with van der Waals surface area (Å²) in [7, 11) is 0. The highest BCUT2D eigenvalue weighted by Crippen LogP contribution is 2.20. The summed E-state index contributed by atoms with van der Waals surface area (Å²) in [6, 6.07) is 5.99. The molecule has 0 saturated carbocycles. The maximum Gasteiger partial charge on any atom is 0.156 e. The van der Waals surface area contributed by atoms with Crippen LogP contribution >= 0.6 is 0 Å². The molecule has 1 unspecified atom stereocenters. The molecule has 2 aromatic heterocycles. The molecule has 1 atom stereocenters. The largest absolute Gasteiger partial charge is 0.330 e. The van der Waals surface area contributed by atoms with E-state index < -0.39 is 0 Å². The van der Waals surface area contributed by atoms with Gasteiger partial charge in [-0.1, -0.05) is 19.9 Å². The highest BCUT2D eigenvalue weighted by atomic mass is 15.3. The smallest absolute Gasteiger partial charge is 0.156 e. The van der Waals surface area contributed by atoms with Crippen molar-refractivity contribution < 1.29 is 0 Å². The van der Waals surface area contributed by atoms with Crippen molar-refractivity contribution in [3.8, 4) is 0 Å². The summed E-state index contributed by atoms with van der Waals surface area (Å²) in [5.41, 5.74) is 7.77. The van der Waals surface area contributed by atoms with Crippen LogP contribution in [0.2, 0.25) is 0 Å². The molecule has 0 fully saturated rings. The van der Waals surface area contributed by atoms with Gasteiger partial charge in [0.25, 0.3) is 0 Å². The van der Waals surface area contributed by atoms with E-state index in [4.69, 9.17) is 5.73 Å². The summed E-state index contributed by atoms with van der Waals surface area (Å²) in [5, 5.41) is 4.53. The van der Waals surface area contributed by atoms with Crippen LogP contribution in [0.1, 0.15) is 31.3 Å². The molecule has 0 aliphatic rings. The van der Waals surface area contributed by atoms with E-state index in [1.54, 1.807) is 0 Å². The third-order valence-electron chi connectivity index (χ3n) is 2.96. The normalized spacial score (nSPS) is 13.6. The number of nitrogens with zero attached hydrogens (tertiary/aromatic N) is 3. The van der Waals surface area contributed by atoms with Gasteiger partial charge in [0, 0.05) is 18.2 Å². The van der Waals surface area contributed by atoms with Crippen LogP contribution in [0.5, 0.6) is 0 Å². The fraction of sp³-hybridized carbons (Fsp3) is 0.500. The molecule has 16 heavy (non-hydrogen) atoms. The predicted octanol–water partition coefficient (Wildman–Crippen LogP) is 1.74. The van der Waals surface area contributed by atoms with Crippen LogP contribution in [0.4, 0.5) is 0 Å². The molecule has 0 saturated heterocycles. The Labute approximate surface area is 95.5 Å². The quantitative estimate of drug-likeness (QED) is 0.853. The van der Waals surface area contributed by atoms with E-state index in [-0.39, 0.29) is 5.92 Å². The minimum atomic E-state index is 0.235. The van der Waals surface area contributed by atoms with Gasteiger partial charge in [-0.05, 0) is 25.0 Å². The zero-order chi connectivity index (χ0) is 11.7. The topological polar surface area (TPSA) is 56.2 Å². The Hall–Kier alpha value is -1.42. The number of nitrogens with two attached hydrogens (primary N) is 1. The fourth-order valence-corrected chi connectivity index (χ4v) is 1.89. The molecule has 0 aromatic carbocycles. The van der Waals surface area contributed by atoms with Gasteiger partial charge >= 0.3 is 0 Å². The Bertz CT molecular complexity index is 487. The van der Waals surface area contributed by atoms with Crippen LogP contribution in [0.25, 0.3) is 5.65 Å². The molecule has 4 heteroatoms. The monoisotopic (exact) mass is 218 g/mol. The van der Waals surface area contributed by atoms with Gasteiger partial charge in [-0.15, -0.1) is 0 Å². The molecule has 2 heterocycles. The zero-order valence-corrected chi connectivity index (χ0v) is 10.0. The lowest BCUT2D eigenvalue weighted by atomic mass is 9.95. The van der Waals surface area contributed by atoms with Crippen molar-refractivity contribution in [3.05, 3.63) is 29.7 Å². The summed E-state index contributed by atoms with van der Waals surface area (Å²) in [4.78, 5) is 4.54. The molecule has 0 amide bonds. The van der Waals surface area contributed by atoms with Crippen molar-refractivity contribution in [2.75, 3.05) is 6.54 Å². The summed E-state index contributed by atoms with van der Waals surface area (Å²) in [5.74, 6) is 1.55. The Morgan fingerprint density at radius 2 is 2.12 bits per heavy atom. The molecule has 0 aliphatic heterocycles. The molecule has 86 valence electrons. The predicted molar refractivity (Wildman–Crippen MR) is 64.4 cm³/mol. The van der Waals surface area contributed by atoms with E-state index in [9.17, 15) is 0 Å². The highest BCUT2D eigenvalue weighted by molar-refractivity contribution is 5.39. The van der Waals surface area contributed by atoms with Gasteiger partial charge in [-0.3, -0.25) is 0 Å². The number of aromatic nitrogens is 3. The van der Waals surface area contributed by atoms with Crippen molar-refractivity contribution in [1.29, 1.82) is 0 Å². The summed E-state index contributed by atoms with van der Waals surface area (Å²) in [6.07, 6.45) is 0. The van der Waals surface area contributed by atoms with E-state index >= 15 is 0 Å². The van der Waals surface area contributed by atoms with Gasteiger partial charge in [-0.2, -0.15) is 5.10 Å². The van der Waals surface area contributed by atoms with Gasteiger partial charge < -0.3 is 5.73 Å². The average molecular weight is 218 g/mol. The minimum absolute atomic E-state index is 0.235. The van der Waals surface area contributed by atoms with Gasteiger partial charge in [0.1, 0.15) is 0 Å². The van der Waals surface area contributed by atoms with E-state index in [1.165, 1.54) is 0 Å². The molecule has 0 spiro atoms. The van der Waals surface area contributed by atoms with Crippen molar-refractivity contribution in [2.45, 2.75) is 26.7 Å². The summed E-state index contributed by atoms with van der Waals surface area (Å²) < 4.78 is 1.88. The number of fused-ring (bicyclic) bond motifs is 1. The average Bonchev–Trinajstić information content (AvgIpc) is 2.63. The van der Waals surface area contributed by atoms with E-state index in [0.717, 1.165) is 17.2 Å². The van der Waals surface area contributed by atoms with Crippen molar-refractivity contribution in [1.82, 2.24) is 14.6 Å². The van der Waals surface area contributed by atoms with Crippen LogP contribution in [0.3, 0.4) is 0 Å². The standard InChI is InChI=1S/C12H18N4/c1-8(2)10(7-13)12-14-11-6-4-5-9(3)16(11)15-12/h4-6,8,10H,7,13H2,1-3H3. The zero-order valence-electron chi connectivity index (χ0n) is 10.0. The van der Waals surface area contributed by atoms with E-state index in [0.29, 0.717) is 12.5 Å². The van der Waals surface area contributed by atoms with Crippen molar-refractivity contribution in [2.24, 2.45) is 11.7 Å². The molecule has 0 bridgehead atoms. The first kappa shape index (κ1) is 11.1. The molecule has 0 aliphatic carbocycles. The maximum absolute atomic E-state index is 5.78. The molecule has 2 N–H and O–H groups in total. The molecule has 4 nitrogen and oxygen atoms in total. The first-order valence-electron chi connectivity index (χ1n) is 5.66. The summed E-state index contributed by atoms with van der Waals surface area (Å²) in [6.45, 7) is 6.91. The Kier molecular flexibility index (Phi) is 2.92. The molecular formula is C12H18N4. The first-order chi connectivity index (χ1) is 7.63. The minimum Gasteiger partial charge on any atom is -0.330 e. The first-order valence-corrected chi connectivity index (χ1v) is 5.66. The Morgan fingerprint density at radius 1 is 1.38 bits per heavy atom. The number of rotatable bonds is 3. The van der Waals surface area contributed by atoms with E-state index in [1.807, 2.05) is 29.6 Å². The number of hydrogen-bond donors (Lipinski definition) is 1. The van der Waals surface area contributed by atoms with Crippen LogP contribution in [-0.2, 0) is 0 Å². The number of hydrogen-bond acceptors (Lipinski definition) is 3. The summed E-state index contributed by atoms with van der Waals surface area (Å²) >= 11 is 0. The van der Waals surface area contributed by atoms with Crippen LogP contribution in [0, 0.1) is 12.8 Å². The lowest BCUT2D eigenvalue weighted by Gasteiger charge is -2.14. The van der Waals surface area contributed by atoms with Crippen LogP contribution in [-0.4, -0.2) is 21.1 Å². The molecular weight excluding hydrogens is 200 g/mol. The van der Waals surface area contributed by atoms with Gasteiger partial charge in [0.15, 0.2) is 11.5 Å². The fourth-order valence-electron chi connectivity index (χ4n) is 1.89. The maximum atomic E-state index is 5.78. The van der Waals surface area contributed by atoms with Crippen LogP contribution in [0.15, 0.2) is 18.2 Å². The third-order valence-corrected chi connectivity index (χ3v) is 2.96. The second-order valence-electron chi connectivity index (χ2n) is 4.49. The second-order valence-corrected chi connectivity index (χ2v) is 4.49. The third kappa shape index (κ3) is 1.80. The van der Waals surface area contributed by atoms with Gasteiger partial charge in [0.05, 0.1) is 0 Å². The molecule has 2 rings (SSSR count). The van der Waals surface area contributed by atoms with Crippen LogP contribution < -0.4 is 5.73 Å². The SMILES string of the molecule is Cc1cccc2nc(C(CN)C(C)C)nn12. The lowest BCUT2D eigenvalue weighted by molar-refractivity contribution is 0.483. The molecule has 2 aromatic rings. The highest BCUT2D eigenvalue weighted by Gasteiger charge is 2.19. The lowest BCUT2D eigenvalue weighted by Crippen LogP contribution is -2.19. The molecule has 0 radical (unpaired) electrons. The van der Waals surface area contributed by atoms with Crippen molar-refractivity contribution in [3.63, 3.8) is 0 Å². The second kappa shape index (κ2) is 4.22. The Balaban J connectivity index is 2.50. The van der Waals surface area contributed by atoms with E-state index in [2.05, 4.69) is 23.9 Å². The van der Waals surface area contributed by atoms with Crippen molar-refractivity contribution >= 4 is 5.65 Å². The number of aryl methyl sites for hydroxylation is 1. The van der Waals surface area contributed by atoms with Gasteiger partial charge in [0.2, 0.25) is 0 Å². The number of pyridine rings is 1. The Morgan fingerprint density at radius 3 is 2.69 bits per heavy atom.